The van der Waals surface area contributed by atoms with Crippen LogP contribution >= 0.6 is 0 Å². The minimum atomic E-state index is -0.356. The summed E-state index contributed by atoms with van der Waals surface area (Å²) in [6.45, 7) is 11.1. The normalized spacial score (nSPS) is 12.5. The molecule has 1 heterocycles. The van der Waals surface area contributed by atoms with Gasteiger partial charge in [-0.05, 0) is 40.7 Å². The Morgan fingerprint density at radius 1 is 1.24 bits per heavy atom. The quantitative estimate of drug-likeness (QED) is 0.839. The summed E-state index contributed by atoms with van der Waals surface area (Å²) in [5.41, 5.74) is 0.422. The summed E-state index contributed by atoms with van der Waals surface area (Å²) in [5.74, 6) is 0.116. The molecule has 0 aliphatic carbocycles. The molecule has 5 heteroatoms. The van der Waals surface area contributed by atoms with Crippen molar-refractivity contribution in [2.24, 2.45) is 0 Å². The maximum atomic E-state index is 13.4. The van der Waals surface area contributed by atoms with Crippen LogP contribution < -0.4 is 10.1 Å². The number of nitrogens with one attached hydrogen (secondary N) is 1. The van der Waals surface area contributed by atoms with E-state index in [0.717, 1.165) is 12.0 Å². The average molecular weight is 298 g/mol. The number of aromatic nitrogens is 1. The molecule has 0 unspecified atom stereocenters. The van der Waals surface area contributed by atoms with E-state index in [4.69, 9.17) is 9.47 Å². The molecule has 0 amide bonds. The standard InChI is InChI=1S/C16H27FN2O2/c1-15(2,3)19-10-12-9-13(17)11-18-14(12)21-8-7-16(4,5)20-6/h9,11,19H,7-8,10H2,1-6H3. The lowest BCUT2D eigenvalue weighted by Gasteiger charge is -2.23. The molecule has 120 valence electrons. The van der Waals surface area contributed by atoms with Crippen molar-refractivity contribution in [1.29, 1.82) is 0 Å². The van der Waals surface area contributed by atoms with Gasteiger partial charge in [0.05, 0.1) is 18.4 Å². The molecule has 21 heavy (non-hydrogen) atoms. The van der Waals surface area contributed by atoms with Crippen LogP contribution in [-0.2, 0) is 11.3 Å². The van der Waals surface area contributed by atoms with Crippen LogP contribution in [0.1, 0.15) is 46.6 Å². The van der Waals surface area contributed by atoms with E-state index in [1.54, 1.807) is 7.11 Å². The van der Waals surface area contributed by atoms with Crippen molar-refractivity contribution in [1.82, 2.24) is 10.3 Å². The second-order valence-electron chi connectivity index (χ2n) is 6.78. The number of methoxy groups -OCH3 is 1. The highest BCUT2D eigenvalue weighted by Gasteiger charge is 2.17. The van der Waals surface area contributed by atoms with E-state index in [2.05, 4.69) is 31.1 Å². The third-order valence-electron chi connectivity index (χ3n) is 3.20. The minimum Gasteiger partial charge on any atom is -0.477 e. The molecule has 4 nitrogen and oxygen atoms in total. The fraction of sp³-hybridized carbons (Fsp3) is 0.688. The van der Waals surface area contributed by atoms with Crippen molar-refractivity contribution in [2.75, 3.05) is 13.7 Å². The number of halogens is 1. The topological polar surface area (TPSA) is 43.4 Å². The highest BCUT2D eigenvalue weighted by atomic mass is 19.1. The number of pyridine rings is 1. The second kappa shape index (κ2) is 7.18. The zero-order valence-corrected chi connectivity index (χ0v) is 13.9. The van der Waals surface area contributed by atoms with Gasteiger partial charge in [-0.25, -0.2) is 9.37 Å². The number of rotatable bonds is 7. The number of ether oxygens (including phenoxy) is 2. The van der Waals surface area contributed by atoms with E-state index in [1.807, 2.05) is 13.8 Å². The Labute approximate surface area is 127 Å². The molecule has 0 aliphatic rings. The van der Waals surface area contributed by atoms with Crippen LogP contribution in [0, 0.1) is 5.82 Å². The Kier molecular flexibility index (Phi) is 6.10. The molecule has 0 spiro atoms. The fourth-order valence-electron chi connectivity index (χ4n) is 1.58. The molecular weight excluding hydrogens is 271 g/mol. The highest BCUT2D eigenvalue weighted by molar-refractivity contribution is 5.26. The minimum absolute atomic E-state index is 0.0539. The predicted molar refractivity (Wildman–Crippen MR) is 82.0 cm³/mol. The predicted octanol–water partition coefficient (Wildman–Crippen LogP) is 3.30. The Balaban J connectivity index is 2.68. The number of hydrogen-bond acceptors (Lipinski definition) is 4. The number of nitrogens with zero attached hydrogens (tertiary/aromatic N) is 1. The third-order valence-corrected chi connectivity index (χ3v) is 3.20. The van der Waals surface area contributed by atoms with Crippen LogP contribution in [0.4, 0.5) is 4.39 Å². The maximum absolute atomic E-state index is 13.4. The summed E-state index contributed by atoms with van der Waals surface area (Å²) >= 11 is 0. The zero-order valence-electron chi connectivity index (χ0n) is 13.9. The molecule has 1 rings (SSSR count). The molecule has 1 N–H and O–H groups in total. The second-order valence-corrected chi connectivity index (χ2v) is 6.78. The zero-order chi connectivity index (χ0) is 16.1. The van der Waals surface area contributed by atoms with Gasteiger partial charge in [0.15, 0.2) is 0 Å². The summed E-state index contributed by atoms with van der Waals surface area (Å²) in [4.78, 5) is 4.05. The summed E-state index contributed by atoms with van der Waals surface area (Å²) in [7, 11) is 1.68. The smallest absolute Gasteiger partial charge is 0.218 e. The van der Waals surface area contributed by atoms with E-state index < -0.39 is 0 Å². The molecule has 0 aromatic carbocycles. The first-order valence-electron chi connectivity index (χ1n) is 7.20. The van der Waals surface area contributed by atoms with Gasteiger partial charge in [-0.15, -0.1) is 0 Å². The molecule has 0 saturated heterocycles. The first-order valence-corrected chi connectivity index (χ1v) is 7.20. The summed E-state index contributed by atoms with van der Waals surface area (Å²) in [6.07, 6.45) is 1.91. The van der Waals surface area contributed by atoms with Gasteiger partial charge in [0.25, 0.3) is 0 Å². The van der Waals surface area contributed by atoms with Gasteiger partial charge in [0.2, 0.25) is 5.88 Å². The van der Waals surface area contributed by atoms with Crippen LogP contribution in [0.5, 0.6) is 5.88 Å². The Morgan fingerprint density at radius 2 is 1.90 bits per heavy atom. The molecule has 1 aromatic heterocycles. The first-order chi connectivity index (χ1) is 9.63. The Morgan fingerprint density at radius 3 is 2.48 bits per heavy atom. The van der Waals surface area contributed by atoms with Crippen molar-refractivity contribution in [2.45, 2.75) is 58.7 Å². The molecular formula is C16H27FN2O2. The molecule has 1 aromatic rings. The summed E-state index contributed by atoms with van der Waals surface area (Å²) in [5, 5.41) is 3.31. The third kappa shape index (κ3) is 6.87. The van der Waals surface area contributed by atoms with Crippen molar-refractivity contribution >= 4 is 0 Å². The highest BCUT2D eigenvalue weighted by Crippen LogP contribution is 2.19. The maximum Gasteiger partial charge on any atom is 0.218 e. The van der Waals surface area contributed by atoms with Crippen LogP contribution in [0.25, 0.3) is 0 Å². The molecule has 0 atom stereocenters. The summed E-state index contributed by atoms with van der Waals surface area (Å²) in [6, 6.07) is 1.46. The van der Waals surface area contributed by atoms with Crippen LogP contribution in [0.3, 0.4) is 0 Å². The SMILES string of the molecule is COC(C)(C)CCOc1ncc(F)cc1CNC(C)(C)C. The lowest BCUT2D eigenvalue weighted by atomic mass is 10.1. The van der Waals surface area contributed by atoms with Crippen molar-refractivity contribution in [3.8, 4) is 5.88 Å². The lowest BCUT2D eigenvalue weighted by molar-refractivity contribution is 0.00497. The van der Waals surface area contributed by atoms with E-state index in [9.17, 15) is 4.39 Å². The van der Waals surface area contributed by atoms with Gasteiger partial charge in [-0.2, -0.15) is 0 Å². The van der Waals surface area contributed by atoms with Gasteiger partial charge in [0, 0.05) is 31.2 Å². The van der Waals surface area contributed by atoms with Crippen molar-refractivity contribution < 1.29 is 13.9 Å². The van der Waals surface area contributed by atoms with E-state index in [0.29, 0.717) is 19.0 Å². The first kappa shape index (κ1) is 17.9. The summed E-state index contributed by atoms with van der Waals surface area (Å²) < 4.78 is 24.4. The largest absolute Gasteiger partial charge is 0.477 e. The van der Waals surface area contributed by atoms with Crippen LogP contribution in [0.2, 0.25) is 0 Å². The number of hydrogen-bond donors (Lipinski definition) is 1. The Bertz CT molecular complexity index is 456. The van der Waals surface area contributed by atoms with Crippen LogP contribution in [0.15, 0.2) is 12.3 Å². The lowest BCUT2D eigenvalue weighted by Crippen LogP contribution is -2.35. The van der Waals surface area contributed by atoms with Crippen molar-refractivity contribution in [3.63, 3.8) is 0 Å². The molecule has 0 saturated carbocycles. The van der Waals surface area contributed by atoms with Gasteiger partial charge < -0.3 is 14.8 Å². The molecule has 0 fully saturated rings. The fourth-order valence-corrected chi connectivity index (χ4v) is 1.58. The molecule has 0 aliphatic heterocycles. The van der Waals surface area contributed by atoms with Gasteiger partial charge in [-0.3, -0.25) is 0 Å². The van der Waals surface area contributed by atoms with Crippen molar-refractivity contribution in [3.05, 3.63) is 23.6 Å². The molecule has 0 bridgehead atoms. The molecule has 0 radical (unpaired) electrons. The van der Waals surface area contributed by atoms with E-state index in [-0.39, 0.29) is 17.0 Å². The van der Waals surface area contributed by atoms with Gasteiger partial charge >= 0.3 is 0 Å². The van der Waals surface area contributed by atoms with Crippen LogP contribution in [-0.4, -0.2) is 29.8 Å². The Hall–Kier alpha value is -1.20. The average Bonchev–Trinajstić information content (AvgIpc) is 2.37. The monoisotopic (exact) mass is 298 g/mol. The van der Waals surface area contributed by atoms with Gasteiger partial charge in [0.1, 0.15) is 5.82 Å². The van der Waals surface area contributed by atoms with Gasteiger partial charge in [-0.1, -0.05) is 0 Å². The van der Waals surface area contributed by atoms with E-state index >= 15 is 0 Å². The van der Waals surface area contributed by atoms with E-state index in [1.165, 1.54) is 12.3 Å².